The Kier molecular flexibility index (Phi) is 4.39. The number of benzene rings is 1. The molecule has 0 spiro atoms. The minimum atomic E-state index is 0.630. The minimum absolute atomic E-state index is 0.630. The maximum Gasteiger partial charge on any atom is 0.222 e. The second-order valence-corrected chi connectivity index (χ2v) is 4.84. The monoisotopic (exact) mass is 281 g/mol. The Labute approximate surface area is 116 Å². The fraction of sp³-hybridized carbons (Fsp3) is 0.231. The van der Waals surface area contributed by atoms with Crippen molar-refractivity contribution in [1.82, 2.24) is 9.97 Å². The molecular weight excluding hydrogens is 269 g/mol. The van der Waals surface area contributed by atoms with Gasteiger partial charge in [0.05, 0.1) is 0 Å². The summed E-state index contributed by atoms with van der Waals surface area (Å²) in [6.07, 6.45) is 4.36. The molecule has 0 bridgehead atoms. The van der Waals surface area contributed by atoms with Crippen molar-refractivity contribution in [2.75, 3.05) is 11.9 Å². The van der Waals surface area contributed by atoms with Crippen LogP contribution in [0.4, 0.5) is 5.95 Å². The van der Waals surface area contributed by atoms with Crippen molar-refractivity contribution in [3.63, 3.8) is 0 Å². The fourth-order valence-corrected chi connectivity index (χ4v) is 2.02. The Bertz CT molecular complexity index is 526. The molecule has 94 valence electrons. The molecular formula is C13H13Cl2N3. The number of halogens is 2. The van der Waals surface area contributed by atoms with Crippen LogP contribution in [0, 0.1) is 6.92 Å². The highest BCUT2D eigenvalue weighted by molar-refractivity contribution is 6.35. The first-order valence-electron chi connectivity index (χ1n) is 5.61. The average Bonchev–Trinajstić information content (AvgIpc) is 2.34. The van der Waals surface area contributed by atoms with Crippen molar-refractivity contribution in [2.45, 2.75) is 13.3 Å². The summed E-state index contributed by atoms with van der Waals surface area (Å²) in [6.45, 7) is 2.68. The fourth-order valence-electron chi connectivity index (χ4n) is 1.52. The molecule has 0 saturated heterocycles. The van der Waals surface area contributed by atoms with Crippen molar-refractivity contribution in [2.24, 2.45) is 0 Å². The number of nitrogens with one attached hydrogen (secondary N) is 1. The quantitative estimate of drug-likeness (QED) is 0.928. The molecule has 0 radical (unpaired) electrons. The van der Waals surface area contributed by atoms with Crippen LogP contribution in [0.5, 0.6) is 0 Å². The van der Waals surface area contributed by atoms with E-state index < -0.39 is 0 Å². The Morgan fingerprint density at radius 2 is 1.89 bits per heavy atom. The second-order valence-electron chi connectivity index (χ2n) is 4.00. The molecule has 0 aliphatic heterocycles. The maximum atomic E-state index is 6.09. The Morgan fingerprint density at radius 1 is 1.17 bits per heavy atom. The summed E-state index contributed by atoms with van der Waals surface area (Å²) in [6, 6.07) is 5.52. The van der Waals surface area contributed by atoms with Crippen LogP contribution >= 0.6 is 23.2 Å². The zero-order valence-electron chi connectivity index (χ0n) is 9.95. The molecule has 1 heterocycles. The van der Waals surface area contributed by atoms with Crippen LogP contribution < -0.4 is 5.32 Å². The second kappa shape index (κ2) is 6.03. The highest BCUT2D eigenvalue weighted by Gasteiger charge is 2.01. The van der Waals surface area contributed by atoms with Crippen molar-refractivity contribution < 1.29 is 0 Å². The molecule has 0 atom stereocenters. The first-order chi connectivity index (χ1) is 8.65. The van der Waals surface area contributed by atoms with Crippen molar-refractivity contribution in [1.29, 1.82) is 0 Å². The van der Waals surface area contributed by atoms with Gasteiger partial charge in [0.2, 0.25) is 5.95 Å². The van der Waals surface area contributed by atoms with E-state index in [4.69, 9.17) is 23.2 Å². The van der Waals surface area contributed by atoms with E-state index in [0.717, 1.165) is 24.1 Å². The van der Waals surface area contributed by atoms with E-state index in [-0.39, 0.29) is 0 Å². The molecule has 0 saturated carbocycles. The van der Waals surface area contributed by atoms with Crippen LogP contribution in [-0.2, 0) is 6.42 Å². The molecule has 1 aromatic heterocycles. The SMILES string of the molecule is Cc1cnc(NCCc2ccc(Cl)cc2Cl)nc1. The van der Waals surface area contributed by atoms with Gasteiger partial charge in [0.15, 0.2) is 0 Å². The molecule has 0 unspecified atom stereocenters. The predicted molar refractivity (Wildman–Crippen MR) is 75.4 cm³/mol. The lowest BCUT2D eigenvalue weighted by Gasteiger charge is -2.06. The number of hydrogen-bond donors (Lipinski definition) is 1. The molecule has 2 aromatic rings. The third kappa shape index (κ3) is 3.59. The largest absolute Gasteiger partial charge is 0.354 e. The van der Waals surface area contributed by atoms with Crippen molar-refractivity contribution in [3.8, 4) is 0 Å². The van der Waals surface area contributed by atoms with Gasteiger partial charge < -0.3 is 5.32 Å². The highest BCUT2D eigenvalue weighted by atomic mass is 35.5. The summed E-state index contributed by atoms with van der Waals surface area (Å²) in [4.78, 5) is 8.34. The lowest BCUT2D eigenvalue weighted by atomic mass is 10.1. The van der Waals surface area contributed by atoms with Gasteiger partial charge in [-0.3, -0.25) is 0 Å². The molecule has 0 fully saturated rings. The smallest absolute Gasteiger partial charge is 0.222 e. The van der Waals surface area contributed by atoms with Gasteiger partial charge in [-0.1, -0.05) is 29.3 Å². The number of nitrogens with zero attached hydrogens (tertiary/aromatic N) is 2. The lowest BCUT2D eigenvalue weighted by molar-refractivity contribution is 0.980. The summed E-state index contributed by atoms with van der Waals surface area (Å²) in [7, 11) is 0. The zero-order valence-corrected chi connectivity index (χ0v) is 11.5. The molecule has 0 aliphatic carbocycles. The van der Waals surface area contributed by atoms with Gasteiger partial charge in [0.1, 0.15) is 0 Å². The molecule has 3 nitrogen and oxygen atoms in total. The lowest BCUT2D eigenvalue weighted by Crippen LogP contribution is -2.08. The molecule has 1 N–H and O–H groups in total. The van der Waals surface area contributed by atoms with Gasteiger partial charge in [-0.2, -0.15) is 0 Å². The van der Waals surface area contributed by atoms with E-state index >= 15 is 0 Å². The summed E-state index contributed by atoms with van der Waals surface area (Å²) in [5, 5.41) is 4.49. The van der Waals surface area contributed by atoms with Gasteiger partial charge >= 0.3 is 0 Å². The predicted octanol–water partition coefficient (Wildman–Crippen LogP) is 3.75. The summed E-state index contributed by atoms with van der Waals surface area (Å²) in [5.74, 6) is 0.630. The van der Waals surface area contributed by atoms with Crippen molar-refractivity contribution in [3.05, 3.63) is 51.8 Å². The number of aryl methyl sites for hydroxylation is 1. The molecule has 0 aliphatic rings. The Morgan fingerprint density at radius 3 is 2.56 bits per heavy atom. The molecule has 5 heteroatoms. The van der Waals surface area contributed by atoms with Crippen LogP contribution in [0.25, 0.3) is 0 Å². The number of aromatic nitrogens is 2. The third-order valence-corrected chi connectivity index (χ3v) is 3.06. The Hall–Kier alpha value is -1.32. The van der Waals surface area contributed by atoms with E-state index in [2.05, 4.69) is 15.3 Å². The molecule has 0 amide bonds. The topological polar surface area (TPSA) is 37.8 Å². The zero-order chi connectivity index (χ0) is 13.0. The number of hydrogen-bond acceptors (Lipinski definition) is 3. The molecule has 18 heavy (non-hydrogen) atoms. The van der Waals surface area contributed by atoms with E-state index in [1.165, 1.54) is 0 Å². The standard InChI is InChI=1S/C13H13Cl2N3/c1-9-7-17-13(18-8-9)16-5-4-10-2-3-11(14)6-12(10)15/h2-3,6-8H,4-5H2,1H3,(H,16,17,18). The molecule has 1 aromatic carbocycles. The normalized spacial score (nSPS) is 10.4. The summed E-state index contributed by atoms with van der Waals surface area (Å²) in [5.41, 5.74) is 2.10. The van der Waals surface area contributed by atoms with Gasteiger partial charge in [0.25, 0.3) is 0 Å². The van der Waals surface area contributed by atoms with Crippen LogP contribution in [0.15, 0.2) is 30.6 Å². The first-order valence-corrected chi connectivity index (χ1v) is 6.37. The third-order valence-electron chi connectivity index (χ3n) is 2.47. The number of rotatable bonds is 4. The highest BCUT2D eigenvalue weighted by Crippen LogP contribution is 2.21. The van der Waals surface area contributed by atoms with Crippen molar-refractivity contribution >= 4 is 29.2 Å². The van der Waals surface area contributed by atoms with Crippen LogP contribution in [0.1, 0.15) is 11.1 Å². The first kappa shape index (κ1) is 13.1. The molecule has 2 rings (SSSR count). The van der Waals surface area contributed by atoms with E-state index in [1.54, 1.807) is 18.5 Å². The van der Waals surface area contributed by atoms with Gasteiger partial charge in [-0.25, -0.2) is 9.97 Å². The van der Waals surface area contributed by atoms with Gasteiger partial charge in [-0.15, -0.1) is 0 Å². The van der Waals surface area contributed by atoms with E-state index in [0.29, 0.717) is 16.0 Å². The van der Waals surface area contributed by atoms with Crippen LogP contribution in [0.3, 0.4) is 0 Å². The van der Waals surface area contributed by atoms with Crippen LogP contribution in [-0.4, -0.2) is 16.5 Å². The van der Waals surface area contributed by atoms with E-state index in [9.17, 15) is 0 Å². The summed E-state index contributed by atoms with van der Waals surface area (Å²) >= 11 is 11.9. The van der Waals surface area contributed by atoms with Gasteiger partial charge in [-0.05, 0) is 36.6 Å². The average molecular weight is 282 g/mol. The summed E-state index contributed by atoms with van der Waals surface area (Å²) < 4.78 is 0. The van der Waals surface area contributed by atoms with Gasteiger partial charge in [0, 0.05) is 29.0 Å². The number of anilines is 1. The maximum absolute atomic E-state index is 6.09. The van der Waals surface area contributed by atoms with E-state index in [1.807, 2.05) is 19.1 Å². The van der Waals surface area contributed by atoms with Crippen LogP contribution in [0.2, 0.25) is 10.0 Å². The Balaban J connectivity index is 1.90. The minimum Gasteiger partial charge on any atom is -0.354 e.